The van der Waals surface area contributed by atoms with Crippen molar-refractivity contribution in [1.29, 1.82) is 5.26 Å². The molecule has 2 aromatic rings. The summed E-state index contributed by atoms with van der Waals surface area (Å²) in [5.74, 6) is 1.95. The summed E-state index contributed by atoms with van der Waals surface area (Å²) < 4.78 is 0. The molecule has 162 valence electrons. The molecule has 0 saturated carbocycles. The molecule has 0 radical (unpaired) electrons. The first-order valence-electron chi connectivity index (χ1n) is 11.9. The first kappa shape index (κ1) is 19.3. The van der Waals surface area contributed by atoms with E-state index in [0.717, 1.165) is 22.6 Å². The molecule has 0 aromatic heterocycles. The minimum Gasteiger partial charge on any atom is -0.387 e. The van der Waals surface area contributed by atoms with Gasteiger partial charge in [-0.25, -0.2) is 0 Å². The van der Waals surface area contributed by atoms with Crippen LogP contribution in [-0.4, -0.2) is 23.1 Å². The monoisotopic (exact) mass is 447 g/mol. The third-order valence-corrected chi connectivity index (χ3v) is 9.76. The molecule has 1 fully saturated rings. The molecular weight excluding hydrogens is 422 g/mol. The van der Waals surface area contributed by atoms with Crippen LogP contribution >= 0.6 is 11.8 Å². The number of anilines is 2. The van der Waals surface area contributed by atoms with Crippen molar-refractivity contribution >= 4 is 28.7 Å². The topological polar surface area (TPSA) is 39.1 Å². The van der Waals surface area contributed by atoms with Crippen molar-refractivity contribution in [3.63, 3.8) is 0 Å². The quantitative estimate of drug-likeness (QED) is 0.579. The molecule has 3 nitrogen and oxygen atoms in total. The van der Waals surface area contributed by atoms with Gasteiger partial charge < -0.3 is 10.2 Å². The highest BCUT2D eigenvalue weighted by Crippen LogP contribution is 2.60. The number of nitriles is 1. The average Bonchev–Trinajstić information content (AvgIpc) is 3.55. The van der Waals surface area contributed by atoms with Gasteiger partial charge in [0.1, 0.15) is 0 Å². The third-order valence-electron chi connectivity index (χ3n) is 8.02. The SMILES string of the molecule is N#CC1=C(c2cccc(N3c4ccccc4C4C5SC6C=CCC6[C@H]5C=CC43)c2)CNC=C1. The zero-order chi connectivity index (χ0) is 21.9. The Labute approximate surface area is 199 Å². The van der Waals surface area contributed by atoms with Crippen LogP contribution in [0, 0.1) is 23.2 Å². The fraction of sp³-hybridized carbons (Fsp3) is 0.276. The fourth-order valence-corrected chi connectivity index (χ4v) is 8.60. The lowest BCUT2D eigenvalue weighted by molar-refractivity contribution is 0.388. The van der Waals surface area contributed by atoms with E-state index >= 15 is 0 Å². The molecule has 5 unspecified atom stereocenters. The summed E-state index contributed by atoms with van der Waals surface area (Å²) >= 11 is 2.21. The van der Waals surface area contributed by atoms with E-state index in [4.69, 9.17) is 0 Å². The maximum atomic E-state index is 9.63. The predicted octanol–water partition coefficient (Wildman–Crippen LogP) is 5.93. The number of dihydropyridines is 1. The zero-order valence-electron chi connectivity index (χ0n) is 18.3. The lowest BCUT2D eigenvalue weighted by Gasteiger charge is -2.37. The van der Waals surface area contributed by atoms with Gasteiger partial charge in [-0.1, -0.05) is 54.6 Å². The molecule has 6 atom stereocenters. The van der Waals surface area contributed by atoms with Crippen molar-refractivity contribution in [3.8, 4) is 6.07 Å². The number of rotatable bonds is 2. The van der Waals surface area contributed by atoms with Gasteiger partial charge in [0, 0.05) is 34.3 Å². The zero-order valence-corrected chi connectivity index (χ0v) is 19.1. The van der Waals surface area contributed by atoms with E-state index in [9.17, 15) is 5.26 Å². The summed E-state index contributed by atoms with van der Waals surface area (Å²) in [5, 5.41) is 14.2. The Balaban J connectivity index is 1.33. The van der Waals surface area contributed by atoms with Crippen molar-refractivity contribution in [3.05, 3.63) is 102 Å². The van der Waals surface area contributed by atoms with Gasteiger partial charge in [-0.2, -0.15) is 5.26 Å². The number of hydrogen-bond donors (Lipinski definition) is 1. The highest BCUT2D eigenvalue weighted by atomic mass is 32.2. The van der Waals surface area contributed by atoms with E-state index in [-0.39, 0.29) is 0 Å². The smallest absolute Gasteiger partial charge is 0.0996 e. The Morgan fingerprint density at radius 2 is 2.00 bits per heavy atom. The molecule has 2 aliphatic carbocycles. The number of fused-ring (bicyclic) bond motifs is 7. The highest BCUT2D eigenvalue weighted by molar-refractivity contribution is 8.01. The number of benzene rings is 2. The Bertz CT molecular complexity index is 1300. The van der Waals surface area contributed by atoms with Crippen molar-refractivity contribution in [1.82, 2.24) is 5.32 Å². The van der Waals surface area contributed by atoms with Crippen molar-refractivity contribution in [2.75, 3.05) is 11.4 Å². The molecule has 33 heavy (non-hydrogen) atoms. The number of para-hydroxylation sites is 1. The molecular formula is C29H25N3S. The summed E-state index contributed by atoms with van der Waals surface area (Å²) in [6.45, 7) is 0.683. The molecule has 0 spiro atoms. The van der Waals surface area contributed by atoms with Crippen LogP contribution in [0.5, 0.6) is 0 Å². The molecule has 0 bridgehead atoms. The normalized spacial score (nSPS) is 32.8. The summed E-state index contributed by atoms with van der Waals surface area (Å²) in [5.41, 5.74) is 6.96. The number of thioether (sulfide) groups is 1. The van der Waals surface area contributed by atoms with Crippen LogP contribution in [-0.2, 0) is 0 Å². The minimum absolute atomic E-state index is 0.336. The predicted molar refractivity (Wildman–Crippen MR) is 136 cm³/mol. The molecule has 7 rings (SSSR count). The van der Waals surface area contributed by atoms with Gasteiger partial charge in [-0.05, 0) is 65.4 Å². The van der Waals surface area contributed by atoms with Crippen LogP contribution in [0.4, 0.5) is 11.4 Å². The lowest BCUT2D eigenvalue weighted by Crippen LogP contribution is -2.38. The fourth-order valence-electron chi connectivity index (χ4n) is 6.59. The van der Waals surface area contributed by atoms with Gasteiger partial charge >= 0.3 is 0 Å². The van der Waals surface area contributed by atoms with Gasteiger partial charge in [0.2, 0.25) is 0 Å². The maximum Gasteiger partial charge on any atom is 0.0996 e. The van der Waals surface area contributed by atoms with Gasteiger partial charge in [0.05, 0.1) is 17.7 Å². The van der Waals surface area contributed by atoms with E-state index < -0.39 is 0 Å². The van der Waals surface area contributed by atoms with Crippen LogP contribution in [0.2, 0.25) is 0 Å². The van der Waals surface area contributed by atoms with Gasteiger partial charge in [0.25, 0.3) is 0 Å². The molecule has 4 heteroatoms. The standard InChI is InChI=1S/C29H25N3S/c30-16-19-13-14-31-17-24(19)18-5-3-6-20(15-18)32-25-9-2-1-7-23(25)28-26(32)12-11-22-21-8-4-10-27(21)33-29(22)28/h1-7,9-15,21-22,26-29,31H,8,17H2/t21?,22-,26?,27?,28?,29?/m1/s1. The first-order valence-corrected chi connectivity index (χ1v) is 12.8. The van der Waals surface area contributed by atoms with Crippen LogP contribution in [0.25, 0.3) is 5.57 Å². The number of nitrogens with zero attached hydrogens (tertiary/aromatic N) is 2. The molecule has 3 heterocycles. The number of allylic oxidation sites excluding steroid dienone is 4. The molecule has 1 saturated heterocycles. The van der Waals surface area contributed by atoms with Gasteiger partial charge in [-0.15, -0.1) is 11.8 Å². The lowest BCUT2D eigenvalue weighted by atomic mass is 9.75. The Kier molecular flexibility index (Phi) is 4.35. The molecule has 2 aromatic carbocycles. The van der Waals surface area contributed by atoms with E-state index in [1.165, 1.54) is 23.4 Å². The first-order chi connectivity index (χ1) is 16.3. The second kappa shape index (κ2) is 7.43. The Hall–Kier alpha value is -3.16. The third kappa shape index (κ3) is 2.82. The summed E-state index contributed by atoms with van der Waals surface area (Å²) in [4.78, 5) is 2.54. The second-order valence-corrected chi connectivity index (χ2v) is 10.9. The van der Waals surface area contributed by atoms with E-state index in [0.29, 0.717) is 34.9 Å². The van der Waals surface area contributed by atoms with E-state index in [2.05, 4.69) is 101 Å². The molecule has 5 aliphatic rings. The largest absolute Gasteiger partial charge is 0.387 e. The minimum atomic E-state index is 0.336. The van der Waals surface area contributed by atoms with E-state index in [1.54, 1.807) is 0 Å². The average molecular weight is 448 g/mol. The molecule has 1 N–H and O–H groups in total. The molecule has 3 aliphatic heterocycles. The molecule has 0 amide bonds. The van der Waals surface area contributed by atoms with Gasteiger partial charge in [-0.3, -0.25) is 0 Å². The Morgan fingerprint density at radius 1 is 1.06 bits per heavy atom. The second-order valence-electron chi connectivity index (χ2n) is 9.57. The van der Waals surface area contributed by atoms with Crippen LogP contribution in [0.3, 0.4) is 0 Å². The van der Waals surface area contributed by atoms with Crippen molar-refractivity contribution in [2.24, 2.45) is 11.8 Å². The Morgan fingerprint density at radius 3 is 2.94 bits per heavy atom. The van der Waals surface area contributed by atoms with Crippen molar-refractivity contribution < 1.29 is 0 Å². The number of nitrogens with one attached hydrogen (secondary N) is 1. The summed E-state index contributed by atoms with van der Waals surface area (Å²) in [6.07, 6.45) is 14.8. The number of hydrogen-bond acceptors (Lipinski definition) is 4. The van der Waals surface area contributed by atoms with Gasteiger partial charge in [0.15, 0.2) is 0 Å². The summed E-state index contributed by atoms with van der Waals surface area (Å²) in [6, 6.07) is 20.5. The highest BCUT2D eigenvalue weighted by Gasteiger charge is 2.53. The summed E-state index contributed by atoms with van der Waals surface area (Å²) in [7, 11) is 0. The maximum absolute atomic E-state index is 9.63. The van der Waals surface area contributed by atoms with Crippen LogP contribution in [0.1, 0.15) is 23.5 Å². The van der Waals surface area contributed by atoms with E-state index in [1.807, 2.05) is 12.3 Å². The van der Waals surface area contributed by atoms with Crippen LogP contribution in [0.15, 0.2) is 90.7 Å². The van der Waals surface area contributed by atoms with Crippen LogP contribution < -0.4 is 10.2 Å². The van der Waals surface area contributed by atoms with Crippen molar-refractivity contribution in [2.45, 2.75) is 28.9 Å².